The molecule has 1 heterocycles. The van der Waals surface area contributed by atoms with Crippen LogP contribution in [0.3, 0.4) is 0 Å². The number of hydrogen-bond acceptors (Lipinski definition) is 5. The molecule has 3 atom stereocenters. The van der Waals surface area contributed by atoms with Crippen molar-refractivity contribution in [3.8, 4) is 11.5 Å². The van der Waals surface area contributed by atoms with E-state index in [1.807, 2.05) is 0 Å². The van der Waals surface area contributed by atoms with E-state index in [2.05, 4.69) is 30.8 Å². The molecule has 0 saturated heterocycles. The van der Waals surface area contributed by atoms with Gasteiger partial charge in [-0.3, -0.25) is 4.79 Å². The molecule has 2 N–H and O–H groups in total. The van der Waals surface area contributed by atoms with Gasteiger partial charge in [-0.2, -0.15) is 0 Å². The van der Waals surface area contributed by atoms with Crippen molar-refractivity contribution < 1.29 is 22.7 Å². The highest BCUT2D eigenvalue weighted by Crippen LogP contribution is 2.34. The molecular formula is C24H38N2O5S. The smallest absolute Gasteiger partial charge is 0.240 e. The van der Waals surface area contributed by atoms with Crippen molar-refractivity contribution in [3.63, 3.8) is 0 Å². The molecule has 2 aliphatic rings. The van der Waals surface area contributed by atoms with E-state index in [0.29, 0.717) is 61.9 Å². The van der Waals surface area contributed by atoms with Crippen LogP contribution in [0.4, 0.5) is 0 Å². The second kappa shape index (κ2) is 11.4. The lowest BCUT2D eigenvalue weighted by atomic mass is 9.74. The third kappa shape index (κ3) is 6.85. The zero-order valence-electron chi connectivity index (χ0n) is 19.6. The molecule has 0 aromatic heterocycles. The van der Waals surface area contributed by atoms with E-state index in [9.17, 15) is 13.2 Å². The van der Waals surface area contributed by atoms with Crippen LogP contribution in [0, 0.1) is 17.8 Å². The Labute approximate surface area is 192 Å². The van der Waals surface area contributed by atoms with E-state index >= 15 is 0 Å². The number of sulfonamides is 1. The maximum atomic E-state index is 12.5. The predicted molar refractivity (Wildman–Crippen MR) is 124 cm³/mol. The Morgan fingerprint density at radius 2 is 1.84 bits per heavy atom. The van der Waals surface area contributed by atoms with Gasteiger partial charge >= 0.3 is 0 Å². The van der Waals surface area contributed by atoms with Crippen LogP contribution in [0.15, 0.2) is 23.1 Å². The normalized spacial score (nSPS) is 23.2. The van der Waals surface area contributed by atoms with E-state index in [1.54, 1.807) is 6.07 Å². The maximum Gasteiger partial charge on any atom is 0.240 e. The summed E-state index contributed by atoms with van der Waals surface area (Å²) in [4.78, 5) is 12.6. The summed E-state index contributed by atoms with van der Waals surface area (Å²) in [7, 11) is -3.60. The molecule has 8 heteroatoms. The van der Waals surface area contributed by atoms with Crippen LogP contribution in [0.5, 0.6) is 11.5 Å². The molecule has 0 radical (unpaired) electrons. The van der Waals surface area contributed by atoms with Gasteiger partial charge in [0.15, 0.2) is 11.5 Å². The van der Waals surface area contributed by atoms with Crippen molar-refractivity contribution in [2.75, 3.05) is 19.8 Å². The summed E-state index contributed by atoms with van der Waals surface area (Å²) in [5.74, 6) is 2.94. The van der Waals surface area contributed by atoms with Crippen molar-refractivity contribution in [2.45, 2.75) is 76.7 Å². The van der Waals surface area contributed by atoms with Crippen molar-refractivity contribution in [2.24, 2.45) is 17.8 Å². The summed E-state index contributed by atoms with van der Waals surface area (Å²) in [6.45, 7) is 7.97. The van der Waals surface area contributed by atoms with Gasteiger partial charge in [0.2, 0.25) is 15.9 Å². The summed E-state index contributed by atoms with van der Waals surface area (Å²) < 4.78 is 38.6. The Morgan fingerprint density at radius 1 is 1.09 bits per heavy atom. The fourth-order valence-electron chi connectivity index (χ4n) is 4.72. The number of hydrogen-bond donors (Lipinski definition) is 2. The zero-order valence-corrected chi connectivity index (χ0v) is 20.4. The van der Waals surface area contributed by atoms with E-state index in [0.717, 1.165) is 19.3 Å². The van der Waals surface area contributed by atoms with Crippen LogP contribution in [0.1, 0.15) is 65.7 Å². The molecule has 3 unspecified atom stereocenters. The highest BCUT2D eigenvalue weighted by atomic mass is 32.2. The second-order valence-electron chi connectivity index (χ2n) is 9.51. The van der Waals surface area contributed by atoms with Crippen LogP contribution in [0.25, 0.3) is 0 Å². The van der Waals surface area contributed by atoms with E-state index in [1.165, 1.54) is 25.0 Å². The molecule has 7 nitrogen and oxygen atoms in total. The second-order valence-corrected chi connectivity index (χ2v) is 11.3. The van der Waals surface area contributed by atoms with Gasteiger partial charge in [-0.15, -0.1) is 0 Å². The number of carbonyl (C=O) groups excluding carboxylic acids is 1. The minimum Gasteiger partial charge on any atom is -0.486 e. The first kappa shape index (κ1) is 24.8. The van der Waals surface area contributed by atoms with Gasteiger partial charge in [0.05, 0.1) is 4.90 Å². The third-order valence-corrected chi connectivity index (χ3v) is 8.02. The molecule has 0 bridgehead atoms. The average molecular weight is 467 g/mol. The first-order chi connectivity index (χ1) is 15.3. The summed E-state index contributed by atoms with van der Waals surface area (Å²) >= 11 is 0. The maximum absolute atomic E-state index is 12.5. The molecule has 0 spiro atoms. The molecule has 1 aromatic rings. The number of amides is 1. The van der Waals surface area contributed by atoms with Crippen molar-refractivity contribution in [1.82, 2.24) is 10.0 Å². The highest BCUT2D eigenvalue weighted by molar-refractivity contribution is 7.89. The lowest BCUT2D eigenvalue weighted by molar-refractivity contribution is -0.122. The molecule has 1 fully saturated rings. The lowest BCUT2D eigenvalue weighted by Gasteiger charge is -2.37. The van der Waals surface area contributed by atoms with Crippen LogP contribution in [-0.4, -0.2) is 40.1 Å². The number of unbranched alkanes of at least 4 members (excludes halogenated alkanes) is 2. The average Bonchev–Trinajstić information content (AvgIpc) is 2.75. The SMILES string of the molecule is CC1CCC(C(C)C)C(NC(=O)CCCCCNS(=O)(=O)c2ccc3c(c2)OCCO3)C1. The fraction of sp³-hybridized carbons (Fsp3) is 0.708. The Morgan fingerprint density at radius 3 is 2.59 bits per heavy atom. The molecule has 1 aromatic carbocycles. The van der Waals surface area contributed by atoms with Crippen LogP contribution < -0.4 is 19.5 Å². The van der Waals surface area contributed by atoms with Gasteiger partial charge in [0.1, 0.15) is 13.2 Å². The largest absolute Gasteiger partial charge is 0.486 e. The van der Waals surface area contributed by atoms with E-state index in [-0.39, 0.29) is 16.8 Å². The zero-order chi connectivity index (χ0) is 23.1. The minimum absolute atomic E-state index is 0.117. The Balaban J connectivity index is 1.36. The van der Waals surface area contributed by atoms with Gasteiger partial charge in [0, 0.05) is 25.1 Å². The quantitative estimate of drug-likeness (QED) is 0.511. The van der Waals surface area contributed by atoms with Gasteiger partial charge < -0.3 is 14.8 Å². The predicted octanol–water partition coefficient (Wildman–Crippen LogP) is 3.87. The van der Waals surface area contributed by atoms with Gasteiger partial charge in [0.25, 0.3) is 0 Å². The number of benzene rings is 1. The van der Waals surface area contributed by atoms with E-state index < -0.39 is 10.0 Å². The van der Waals surface area contributed by atoms with Crippen molar-refractivity contribution >= 4 is 15.9 Å². The van der Waals surface area contributed by atoms with Crippen LogP contribution in [-0.2, 0) is 14.8 Å². The van der Waals surface area contributed by atoms with Gasteiger partial charge in [-0.1, -0.05) is 33.6 Å². The van der Waals surface area contributed by atoms with E-state index in [4.69, 9.17) is 9.47 Å². The molecule has 3 rings (SSSR count). The summed E-state index contributed by atoms with van der Waals surface area (Å²) in [6.07, 6.45) is 6.23. The standard InChI is InChI=1S/C24H38N2O5S/c1-17(2)20-10-8-18(3)15-21(20)26-24(27)7-5-4-6-12-25-32(28,29)19-9-11-22-23(16-19)31-14-13-30-22/h9,11,16-18,20-21,25H,4-8,10,12-15H2,1-3H3,(H,26,27). The Bertz CT molecular complexity index is 871. The molecule has 1 aliphatic carbocycles. The topological polar surface area (TPSA) is 93.7 Å². The number of fused-ring (bicyclic) bond motifs is 1. The Hall–Kier alpha value is -1.80. The van der Waals surface area contributed by atoms with Crippen LogP contribution in [0.2, 0.25) is 0 Å². The molecule has 1 saturated carbocycles. The number of ether oxygens (including phenoxy) is 2. The number of rotatable bonds is 10. The number of carbonyl (C=O) groups is 1. The third-order valence-electron chi connectivity index (χ3n) is 6.57. The highest BCUT2D eigenvalue weighted by Gasteiger charge is 2.31. The number of nitrogens with one attached hydrogen (secondary N) is 2. The first-order valence-corrected chi connectivity index (χ1v) is 13.4. The summed E-state index contributed by atoms with van der Waals surface area (Å²) in [5, 5.41) is 3.27. The van der Waals surface area contributed by atoms with Crippen LogP contribution >= 0.6 is 0 Å². The Kier molecular flexibility index (Phi) is 8.82. The first-order valence-electron chi connectivity index (χ1n) is 11.9. The lowest BCUT2D eigenvalue weighted by Crippen LogP contribution is -2.45. The molecule has 32 heavy (non-hydrogen) atoms. The molecule has 180 valence electrons. The molecule has 1 aliphatic heterocycles. The van der Waals surface area contributed by atoms with Gasteiger partial charge in [-0.05, 0) is 55.6 Å². The monoisotopic (exact) mass is 466 g/mol. The van der Waals surface area contributed by atoms with Gasteiger partial charge in [-0.25, -0.2) is 13.1 Å². The fourth-order valence-corrected chi connectivity index (χ4v) is 5.80. The minimum atomic E-state index is -3.60. The van der Waals surface area contributed by atoms with Crippen molar-refractivity contribution in [1.29, 1.82) is 0 Å². The molecule has 1 amide bonds. The summed E-state index contributed by atoms with van der Waals surface area (Å²) in [5.41, 5.74) is 0. The summed E-state index contributed by atoms with van der Waals surface area (Å²) in [6, 6.07) is 4.93. The van der Waals surface area contributed by atoms with Crippen molar-refractivity contribution in [3.05, 3.63) is 18.2 Å². The molecular weight excluding hydrogens is 428 g/mol.